The maximum atomic E-state index is 8.43. The Bertz CT molecular complexity index is 229. The molecule has 0 heterocycles. The molecule has 1 aromatic rings. The van der Waals surface area contributed by atoms with Crippen molar-refractivity contribution in [2.24, 2.45) is 0 Å². The fraction of sp³-hybridized carbons (Fsp3) is 0.250. The molecule has 4 nitrogen and oxygen atoms in total. The Morgan fingerprint density at radius 3 is 2.00 bits per heavy atom. The minimum atomic E-state index is -1.78. The number of aliphatic hydroxyl groups excluding tert-OH is 1. The van der Waals surface area contributed by atoms with Crippen molar-refractivity contribution in [2.75, 3.05) is 7.11 Å². The number of hydrogen-bond acceptors (Lipinski definition) is 4. The van der Waals surface area contributed by atoms with Gasteiger partial charge in [0.05, 0.1) is 7.11 Å². The first-order chi connectivity index (χ1) is 5.72. The smallest absolute Gasteiger partial charge is 0.310 e. The summed E-state index contributed by atoms with van der Waals surface area (Å²) in [6.07, 6.45) is 0. The van der Waals surface area contributed by atoms with Crippen molar-refractivity contribution in [3.63, 3.8) is 0 Å². The van der Waals surface area contributed by atoms with Crippen molar-refractivity contribution in [2.45, 2.75) is 6.48 Å². The van der Waals surface area contributed by atoms with Gasteiger partial charge in [-0.05, 0) is 24.3 Å². The normalized spacial score (nSPS) is 10.0. The molecular weight excluding hydrogens is 160 g/mol. The van der Waals surface area contributed by atoms with Crippen LogP contribution in [0, 0.1) is 0 Å². The van der Waals surface area contributed by atoms with Crippen LogP contribution in [-0.4, -0.2) is 23.8 Å². The number of benzene rings is 1. The summed E-state index contributed by atoms with van der Waals surface area (Å²) in [7, 11) is 1.55. The SMILES string of the molecule is COc1ccc(OC(O)O)cc1. The second kappa shape index (κ2) is 3.94. The molecule has 0 aliphatic rings. The van der Waals surface area contributed by atoms with Crippen LogP contribution in [0.15, 0.2) is 24.3 Å². The second-order valence-electron chi connectivity index (χ2n) is 2.12. The third kappa shape index (κ3) is 2.41. The molecule has 66 valence electrons. The van der Waals surface area contributed by atoms with Crippen molar-refractivity contribution in [1.82, 2.24) is 0 Å². The molecule has 0 amide bonds. The van der Waals surface area contributed by atoms with Crippen molar-refractivity contribution in [1.29, 1.82) is 0 Å². The van der Waals surface area contributed by atoms with E-state index < -0.39 is 6.48 Å². The molecule has 0 unspecified atom stereocenters. The van der Waals surface area contributed by atoms with Gasteiger partial charge in [0, 0.05) is 0 Å². The molecule has 0 atom stereocenters. The van der Waals surface area contributed by atoms with Crippen LogP contribution in [0.4, 0.5) is 0 Å². The average Bonchev–Trinajstić information content (AvgIpc) is 2.05. The van der Waals surface area contributed by atoms with E-state index in [1.807, 2.05) is 0 Å². The van der Waals surface area contributed by atoms with Crippen LogP contribution in [0.2, 0.25) is 0 Å². The van der Waals surface area contributed by atoms with E-state index in [1.54, 1.807) is 31.4 Å². The summed E-state index contributed by atoms with van der Waals surface area (Å²) in [4.78, 5) is 0. The van der Waals surface area contributed by atoms with Gasteiger partial charge in [-0.1, -0.05) is 0 Å². The largest absolute Gasteiger partial charge is 0.497 e. The van der Waals surface area contributed by atoms with Crippen LogP contribution >= 0.6 is 0 Å². The van der Waals surface area contributed by atoms with E-state index in [0.717, 1.165) is 0 Å². The van der Waals surface area contributed by atoms with Gasteiger partial charge in [0.1, 0.15) is 11.5 Å². The highest BCUT2D eigenvalue weighted by atomic mass is 16.7. The minimum Gasteiger partial charge on any atom is -0.497 e. The third-order valence-electron chi connectivity index (χ3n) is 1.30. The van der Waals surface area contributed by atoms with Gasteiger partial charge in [-0.2, -0.15) is 0 Å². The highest BCUT2D eigenvalue weighted by molar-refractivity contribution is 5.30. The van der Waals surface area contributed by atoms with Gasteiger partial charge in [0.2, 0.25) is 0 Å². The summed E-state index contributed by atoms with van der Waals surface area (Å²) in [5, 5.41) is 16.9. The Morgan fingerprint density at radius 2 is 1.58 bits per heavy atom. The molecule has 0 saturated heterocycles. The van der Waals surface area contributed by atoms with Crippen LogP contribution in [0.5, 0.6) is 11.5 Å². The molecule has 0 fully saturated rings. The number of rotatable bonds is 3. The fourth-order valence-corrected chi connectivity index (χ4v) is 0.776. The zero-order chi connectivity index (χ0) is 8.97. The van der Waals surface area contributed by atoms with E-state index >= 15 is 0 Å². The van der Waals surface area contributed by atoms with E-state index in [4.69, 9.17) is 14.9 Å². The summed E-state index contributed by atoms with van der Waals surface area (Å²) in [6.45, 7) is -1.78. The van der Waals surface area contributed by atoms with E-state index in [0.29, 0.717) is 11.5 Å². The van der Waals surface area contributed by atoms with Crippen LogP contribution in [0.1, 0.15) is 0 Å². The van der Waals surface area contributed by atoms with Gasteiger partial charge in [0.15, 0.2) is 0 Å². The maximum absolute atomic E-state index is 8.43. The van der Waals surface area contributed by atoms with Crippen molar-refractivity contribution in [3.8, 4) is 11.5 Å². The first-order valence-electron chi connectivity index (χ1n) is 3.39. The molecule has 0 aromatic heterocycles. The highest BCUT2D eigenvalue weighted by Gasteiger charge is 1.99. The topological polar surface area (TPSA) is 58.9 Å². The monoisotopic (exact) mass is 170 g/mol. The lowest BCUT2D eigenvalue weighted by atomic mass is 10.3. The minimum absolute atomic E-state index is 0.380. The van der Waals surface area contributed by atoms with E-state index in [-0.39, 0.29) is 0 Å². The van der Waals surface area contributed by atoms with Gasteiger partial charge in [-0.25, -0.2) is 0 Å². The Labute approximate surface area is 70.0 Å². The standard InChI is InChI=1S/C8H10O4/c1-11-6-2-4-7(5-3-6)12-8(9)10/h2-5,8-10H,1H3. The third-order valence-corrected chi connectivity index (χ3v) is 1.30. The molecule has 0 radical (unpaired) electrons. The molecule has 0 aliphatic heterocycles. The molecule has 12 heavy (non-hydrogen) atoms. The van der Waals surface area contributed by atoms with Crippen LogP contribution in [0.3, 0.4) is 0 Å². The molecule has 1 aromatic carbocycles. The molecule has 1 rings (SSSR count). The van der Waals surface area contributed by atoms with Crippen LogP contribution in [0.25, 0.3) is 0 Å². The summed E-state index contributed by atoms with van der Waals surface area (Å²) in [6, 6.07) is 6.49. The van der Waals surface area contributed by atoms with Crippen molar-refractivity contribution < 1.29 is 19.7 Å². The molecular formula is C8H10O4. The van der Waals surface area contributed by atoms with Crippen molar-refractivity contribution in [3.05, 3.63) is 24.3 Å². The number of ether oxygens (including phenoxy) is 2. The Kier molecular flexibility index (Phi) is 2.90. The van der Waals surface area contributed by atoms with Gasteiger partial charge in [-0.3, -0.25) is 0 Å². The number of methoxy groups -OCH3 is 1. The van der Waals surface area contributed by atoms with Gasteiger partial charge in [0.25, 0.3) is 0 Å². The maximum Gasteiger partial charge on any atom is 0.310 e. The lowest BCUT2D eigenvalue weighted by Gasteiger charge is -2.07. The molecule has 0 aliphatic carbocycles. The van der Waals surface area contributed by atoms with Crippen LogP contribution < -0.4 is 9.47 Å². The lowest BCUT2D eigenvalue weighted by Crippen LogP contribution is -2.13. The molecule has 0 spiro atoms. The first-order valence-corrected chi connectivity index (χ1v) is 3.39. The quantitative estimate of drug-likeness (QED) is 0.642. The Morgan fingerprint density at radius 1 is 1.08 bits per heavy atom. The van der Waals surface area contributed by atoms with Crippen LogP contribution in [-0.2, 0) is 0 Å². The second-order valence-corrected chi connectivity index (χ2v) is 2.12. The first kappa shape index (κ1) is 8.83. The molecule has 0 saturated carbocycles. The Hall–Kier alpha value is -1.26. The van der Waals surface area contributed by atoms with Gasteiger partial charge < -0.3 is 19.7 Å². The molecule has 0 bridgehead atoms. The highest BCUT2D eigenvalue weighted by Crippen LogP contribution is 2.17. The fourth-order valence-electron chi connectivity index (χ4n) is 0.776. The average molecular weight is 170 g/mol. The summed E-state index contributed by atoms with van der Waals surface area (Å²) < 4.78 is 9.46. The van der Waals surface area contributed by atoms with E-state index in [9.17, 15) is 0 Å². The summed E-state index contributed by atoms with van der Waals surface area (Å²) in [5.74, 6) is 1.07. The van der Waals surface area contributed by atoms with Crippen molar-refractivity contribution >= 4 is 0 Å². The van der Waals surface area contributed by atoms with Gasteiger partial charge in [-0.15, -0.1) is 0 Å². The predicted molar refractivity (Wildman–Crippen MR) is 41.8 cm³/mol. The van der Waals surface area contributed by atoms with E-state index in [1.165, 1.54) is 0 Å². The zero-order valence-electron chi connectivity index (χ0n) is 6.60. The lowest BCUT2D eigenvalue weighted by molar-refractivity contribution is -0.179. The summed E-state index contributed by atoms with van der Waals surface area (Å²) in [5.41, 5.74) is 0. The molecule has 2 N–H and O–H groups in total. The molecule has 4 heteroatoms. The number of aliphatic hydroxyl groups is 2. The predicted octanol–water partition coefficient (Wildman–Crippen LogP) is 0.342. The number of hydrogen-bond donors (Lipinski definition) is 2. The van der Waals surface area contributed by atoms with E-state index in [2.05, 4.69) is 4.74 Å². The van der Waals surface area contributed by atoms with Gasteiger partial charge >= 0.3 is 6.48 Å². The summed E-state index contributed by atoms with van der Waals surface area (Å²) >= 11 is 0. The zero-order valence-corrected chi connectivity index (χ0v) is 6.60. The Balaban J connectivity index is 2.65.